The molecule has 1 aromatic heterocycles. The van der Waals surface area contributed by atoms with E-state index < -0.39 is 5.97 Å². The van der Waals surface area contributed by atoms with Crippen LogP contribution in [0.25, 0.3) is 10.9 Å². The van der Waals surface area contributed by atoms with Gasteiger partial charge in [-0.2, -0.15) is 0 Å². The first-order valence-electron chi connectivity index (χ1n) is 4.21. The lowest BCUT2D eigenvalue weighted by atomic mass is 10.2. The highest BCUT2D eigenvalue weighted by Crippen LogP contribution is 2.17. The van der Waals surface area contributed by atoms with E-state index >= 15 is 0 Å². The predicted molar refractivity (Wildman–Crippen MR) is 58.6 cm³/mol. The standard InChI is InChI=1S/C10H7BrN2O2/c1-15-10(14)9-12-5-6-4-7(11)2-3-8(6)13-9/h2-5H,1H3. The second kappa shape index (κ2) is 3.94. The summed E-state index contributed by atoms with van der Waals surface area (Å²) in [6.07, 6.45) is 1.60. The van der Waals surface area contributed by atoms with Gasteiger partial charge in [-0.1, -0.05) is 15.9 Å². The van der Waals surface area contributed by atoms with Gasteiger partial charge in [0, 0.05) is 16.1 Å². The minimum atomic E-state index is -0.528. The predicted octanol–water partition coefficient (Wildman–Crippen LogP) is 2.18. The normalized spacial score (nSPS) is 10.3. The maximum Gasteiger partial charge on any atom is 0.376 e. The largest absolute Gasteiger partial charge is 0.463 e. The molecule has 0 amide bonds. The summed E-state index contributed by atoms with van der Waals surface area (Å²) in [5.41, 5.74) is 0.716. The van der Waals surface area contributed by atoms with E-state index in [0.717, 1.165) is 9.86 Å². The van der Waals surface area contributed by atoms with Crippen LogP contribution in [0.4, 0.5) is 0 Å². The Bertz CT molecular complexity index is 528. The van der Waals surface area contributed by atoms with E-state index in [2.05, 4.69) is 30.6 Å². The minimum Gasteiger partial charge on any atom is -0.463 e. The fraction of sp³-hybridized carbons (Fsp3) is 0.100. The molecule has 76 valence electrons. The Kier molecular flexibility index (Phi) is 2.64. The van der Waals surface area contributed by atoms with Crippen LogP contribution >= 0.6 is 15.9 Å². The van der Waals surface area contributed by atoms with Crippen molar-refractivity contribution in [2.24, 2.45) is 0 Å². The first kappa shape index (κ1) is 10.0. The number of aromatic nitrogens is 2. The number of carbonyl (C=O) groups excluding carboxylic acids is 1. The molecule has 0 unspecified atom stereocenters. The fourth-order valence-electron chi connectivity index (χ4n) is 1.19. The van der Waals surface area contributed by atoms with Crippen molar-refractivity contribution in [1.29, 1.82) is 0 Å². The van der Waals surface area contributed by atoms with Crippen molar-refractivity contribution < 1.29 is 9.53 Å². The lowest BCUT2D eigenvalue weighted by Gasteiger charge is -2.00. The van der Waals surface area contributed by atoms with Crippen LogP contribution in [0.5, 0.6) is 0 Å². The number of benzene rings is 1. The molecule has 2 rings (SSSR count). The summed E-state index contributed by atoms with van der Waals surface area (Å²) in [5, 5.41) is 0.872. The van der Waals surface area contributed by atoms with Crippen LogP contribution in [0.1, 0.15) is 10.6 Å². The Balaban J connectivity index is 2.57. The number of hydrogen-bond acceptors (Lipinski definition) is 4. The van der Waals surface area contributed by atoms with Gasteiger partial charge in [0.1, 0.15) is 0 Å². The third-order valence-corrected chi connectivity index (χ3v) is 2.40. The van der Waals surface area contributed by atoms with Gasteiger partial charge in [0.05, 0.1) is 12.6 Å². The molecule has 0 saturated heterocycles. The lowest BCUT2D eigenvalue weighted by molar-refractivity contribution is 0.0587. The molecule has 4 nitrogen and oxygen atoms in total. The zero-order chi connectivity index (χ0) is 10.8. The zero-order valence-corrected chi connectivity index (χ0v) is 9.48. The third-order valence-electron chi connectivity index (χ3n) is 1.91. The molecule has 0 aliphatic carbocycles. The first-order valence-corrected chi connectivity index (χ1v) is 5.00. The summed E-state index contributed by atoms with van der Waals surface area (Å²) in [6.45, 7) is 0. The van der Waals surface area contributed by atoms with Gasteiger partial charge in [0.2, 0.25) is 5.82 Å². The molecule has 0 spiro atoms. The van der Waals surface area contributed by atoms with Crippen LogP contribution in [0.3, 0.4) is 0 Å². The molecule has 1 heterocycles. The summed E-state index contributed by atoms with van der Waals surface area (Å²) in [6, 6.07) is 5.56. The molecule has 0 saturated carbocycles. The van der Waals surface area contributed by atoms with Crippen LogP contribution < -0.4 is 0 Å². The number of methoxy groups -OCH3 is 1. The van der Waals surface area contributed by atoms with Crippen molar-refractivity contribution in [3.05, 3.63) is 34.7 Å². The molecule has 0 fully saturated rings. The molecular weight excluding hydrogens is 260 g/mol. The molecule has 2 aromatic rings. The van der Waals surface area contributed by atoms with Crippen molar-refractivity contribution in [1.82, 2.24) is 9.97 Å². The van der Waals surface area contributed by atoms with Gasteiger partial charge in [-0.05, 0) is 18.2 Å². The van der Waals surface area contributed by atoms with E-state index in [4.69, 9.17) is 0 Å². The van der Waals surface area contributed by atoms with E-state index in [1.54, 1.807) is 6.20 Å². The van der Waals surface area contributed by atoms with Crippen molar-refractivity contribution in [2.45, 2.75) is 0 Å². The Hall–Kier alpha value is -1.49. The molecule has 0 atom stereocenters. The average Bonchev–Trinajstić information content (AvgIpc) is 2.27. The van der Waals surface area contributed by atoms with Gasteiger partial charge in [-0.25, -0.2) is 14.8 Å². The van der Waals surface area contributed by atoms with E-state index in [1.165, 1.54) is 7.11 Å². The molecule has 1 aromatic carbocycles. The summed E-state index contributed by atoms with van der Waals surface area (Å²) in [5.74, 6) is -0.452. The number of fused-ring (bicyclic) bond motifs is 1. The molecule has 0 aliphatic rings. The molecule has 0 radical (unpaired) electrons. The molecule has 5 heteroatoms. The number of rotatable bonds is 1. The van der Waals surface area contributed by atoms with Crippen LogP contribution in [-0.2, 0) is 4.74 Å². The maximum atomic E-state index is 11.2. The molecule has 0 aliphatic heterocycles. The third kappa shape index (κ3) is 1.97. The van der Waals surface area contributed by atoms with Crippen molar-refractivity contribution >= 4 is 32.8 Å². The summed E-state index contributed by atoms with van der Waals surface area (Å²) in [4.78, 5) is 19.2. The average molecular weight is 267 g/mol. The molecular formula is C10H7BrN2O2. The van der Waals surface area contributed by atoms with E-state index in [1.807, 2.05) is 18.2 Å². The van der Waals surface area contributed by atoms with Crippen LogP contribution in [0.15, 0.2) is 28.9 Å². The number of halogens is 1. The van der Waals surface area contributed by atoms with Crippen molar-refractivity contribution in [3.63, 3.8) is 0 Å². The van der Waals surface area contributed by atoms with Crippen LogP contribution in [-0.4, -0.2) is 23.0 Å². The number of ether oxygens (including phenoxy) is 1. The van der Waals surface area contributed by atoms with E-state index in [0.29, 0.717) is 5.52 Å². The topological polar surface area (TPSA) is 52.1 Å². The Labute approximate surface area is 94.4 Å². The van der Waals surface area contributed by atoms with E-state index in [-0.39, 0.29) is 5.82 Å². The van der Waals surface area contributed by atoms with Gasteiger partial charge in [-0.3, -0.25) is 0 Å². The molecule has 15 heavy (non-hydrogen) atoms. The Morgan fingerprint density at radius 2 is 2.27 bits per heavy atom. The van der Waals surface area contributed by atoms with Crippen molar-refractivity contribution in [2.75, 3.05) is 7.11 Å². The second-order valence-electron chi connectivity index (χ2n) is 2.89. The smallest absolute Gasteiger partial charge is 0.376 e. The summed E-state index contributed by atoms with van der Waals surface area (Å²) in [7, 11) is 1.30. The fourth-order valence-corrected chi connectivity index (χ4v) is 1.57. The van der Waals surface area contributed by atoms with Gasteiger partial charge < -0.3 is 4.74 Å². The molecule has 0 bridgehead atoms. The number of hydrogen-bond donors (Lipinski definition) is 0. The van der Waals surface area contributed by atoms with Crippen LogP contribution in [0, 0.1) is 0 Å². The van der Waals surface area contributed by atoms with Gasteiger partial charge in [0.15, 0.2) is 0 Å². The quantitative estimate of drug-likeness (QED) is 0.743. The number of nitrogens with zero attached hydrogens (tertiary/aromatic N) is 2. The van der Waals surface area contributed by atoms with Gasteiger partial charge in [-0.15, -0.1) is 0 Å². The second-order valence-corrected chi connectivity index (χ2v) is 3.80. The summed E-state index contributed by atoms with van der Waals surface area (Å²) >= 11 is 3.35. The maximum absolute atomic E-state index is 11.2. The Morgan fingerprint density at radius 1 is 1.47 bits per heavy atom. The molecule has 0 N–H and O–H groups in total. The van der Waals surface area contributed by atoms with Gasteiger partial charge in [0.25, 0.3) is 0 Å². The van der Waals surface area contributed by atoms with Crippen LogP contribution in [0.2, 0.25) is 0 Å². The highest BCUT2D eigenvalue weighted by molar-refractivity contribution is 9.10. The number of esters is 1. The zero-order valence-electron chi connectivity index (χ0n) is 7.90. The lowest BCUT2D eigenvalue weighted by Crippen LogP contribution is -2.06. The minimum absolute atomic E-state index is 0.0762. The highest BCUT2D eigenvalue weighted by Gasteiger charge is 2.09. The SMILES string of the molecule is COC(=O)c1ncc2cc(Br)ccc2n1. The first-order chi connectivity index (χ1) is 7.20. The summed E-state index contributed by atoms with van der Waals surface area (Å²) < 4.78 is 5.48. The van der Waals surface area contributed by atoms with Gasteiger partial charge >= 0.3 is 5.97 Å². The van der Waals surface area contributed by atoms with E-state index in [9.17, 15) is 4.79 Å². The highest BCUT2D eigenvalue weighted by atomic mass is 79.9. The monoisotopic (exact) mass is 266 g/mol. The van der Waals surface area contributed by atoms with Crippen molar-refractivity contribution in [3.8, 4) is 0 Å². The number of carbonyl (C=O) groups is 1. The Morgan fingerprint density at radius 3 is 3.00 bits per heavy atom.